The van der Waals surface area contributed by atoms with Crippen molar-refractivity contribution in [3.63, 3.8) is 0 Å². The Labute approximate surface area is 306 Å². The third-order valence-electron chi connectivity index (χ3n) is 8.54. The lowest BCUT2D eigenvalue weighted by atomic mass is 10.00. The van der Waals surface area contributed by atoms with Crippen molar-refractivity contribution in [3.8, 4) is 0 Å². The number of fused-ring (bicyclic) bond motifs is 2. The van der Waals surface area contributed by atoms with E-state index in [-0.39, 0.29) is 18.5 Å². The number of aliphatic imine (C=N–C) groups is 1. The number of hydrogen-bond donors (Lipinski definition) is 1. The molecular weight excluding hydrogens is 686 g/mol. The molecular formula is C44H42F6N2O. The summed E-state index contributed by atoms with van der Waals surface area (Å²) in [7, 11) is 0. The molecule has 3 nitrogen and oxygen atoms in total. The molecule has 0 heterocycles. The molecule has 0 spiro atoms. The standard InChI is InChI=1S/C22H20F3N.C12H13N.C10H9F3O/c1-16(20-13-5-10-18-9-2-3-12-21(18)20)26-14-6-8-17-7-4-11-19(15-17)22(23,24)25;1-9(13)11-8-4-6-10-5-2-3-7-12(10)11;11-10(12,13)9-5-1-3-8(7-9)4-2-6-14/h2-5,7,9-16H,6,8H2,1H3;2-9H,13H2,1H3;1,3,5-7H,2,4H2/t16-;9-;/m11./s1. The van der Waals surface area contributed by atoms with Gasteiger partial charge in [0, 0.05) is 12.5 Å². The van der Waals surface area contributed by atoms with Gasteiger partial charge in [0.15, 0.2) is 0 Å². The van der Waals surface area contributed by atoms with Crippen LogP contribution in [0.25, 0.3) is 21.5 Å². The Kier molecular flexibility index (Phi) is 14.5. The van der Waals surface area contributed by atoms with Gasteiger partial charge >= 0.3 is 12.4 Å². The molecule has 2 N–H and O–H groups in total. The van der Waals surface area contributed by atoms with Crippen LogP contribution in [0.3, 0.4) is 0 Å². The molecule has 6 aromatic rings. The molecule has 6 rings (SSSR count). The quantitative estimate of drug-likeness (QED) is 0.0915. The molecule has 0 unspecified atom stereocenters. The van der Waals surface area contributed by atoms with Crippen LogP contribution in [0, 0.1) is 0 Å². The first kappa shape index (κ1) is 40.5. The van der Waals surface area contributed by atoms with Gasteiger partial charge in [-0.3, -0.25) is 4.99 Å². The summed E-state index contributed by atoms with van der Waals surface area (Å²) in [6.45, 7) is 4.05. The van der Waals surface area contributed by atoms with Crippen LogP contribution in [0.1, 0.15) is 72.2 Å². The Balaban J connectivity index is 0.000000196. The second-order valence-electron chi connectivity index (χ2n) is 12.6. The van der Waals surface area contributed by atoms with Crippen molar-refractivity contribution in [2.75, 3.05) is 0 Å². The second-order valence-corrected chi connectivity index (χ2v) is 12.6. The molecule has 2 atom stereocenters. The van der Waals surface area contributed by atoms with Crippen molar-refractivity contribution in [1.29, 1.82) is 0 Å². The summed E-state index contributed by atoms with van der Waals surface area (Å²) in [6.07, 6.45) is -4.35. The SMILES string of the molecule is C[C@@H](N)c1cccc2ccccc12.C[C@@H](N=CCCc1cccc(C(F)(F)F)c1)c1cccc2ccccc12.O=CCCc1cccc(C(F)(F)F)c1. The van der Waals surface area contributed by atoms with E-state index in [0.717, 1.165) is 23.8 Å². The molecule has 0 aliphatic carbocycles. The van der Waals surface area contributed by atoms with Crippen LogP contribution < -0.4 is 5.73 Å². The lowest BCUT2D eigenvalue weighted by Crippen LogP contribution is -2.05. The fourth-order valence-corrected chi connectivity index (χ4v) is 5.84. The number of halogens is 6. The predicted molar refractivity (Wildman–Crippen MR) is 203 cm³/mol. The third kappa shape index (κ3) is 12.1. The number of alkyl halides is 6. The maximum Gasteiger partial charge on any atom is 0.416 e. The Hall–Kier alpha value is -5.28. The van der Waals surface area contributed by atoms with Crippen LogP contribution in [0.15, 0.2) is 138 Å². The zero-order chi connectivity index (χ0) is 38.4. The summed E-state index contributed by atoms with van der Waals surface area (Å²) in [4.78, 5) is 14.6. The monoisotopic (exact) mass is 728 g/mol. The van der Waals surface area contributed by atoms with Gasteiger partial charge in [-0.05, 0) is 95.3 Å². The molecule has 6 aromatic carbocycles. The highest BCUT2D eigenvalue weighted by Gasteiger charge is 2.31. The van der Waals surface area contributed by atoms with Crippen molar-refractivity contribution in [1.82, 2.24) is 0 Å². The summed E-state index contributed by atoms with van der Waals surface area (Å²) >= 11 is 0. The largest absolute Gasteiger partial charge is 0.416 e. The minimum Gasteiger partial charge on any atom is -0.324 e. The first-order valence-corrected chi connectivity index (χ1v) is 17.3. The van der Waals surface area contributed by atoms with Crippen LogP contribution in [0.5, 0.6) is 0 Å². The summed E-state index contributed by atoms with van der Waals surface area (Å²) in [5, 5.41) is 4.88. The van der Waals surface area contributed by atoms with Crippen molar-refractivity contribution in [2.45, 2.75) is 64.0 Å². The highest BCUT2D eigenvalue weighted by atomic mass is 19.4. The number of hydrogen-bond acceptors (Lipinski definition) is 3. The molecule has 0 saturated carbocycles. The lowest BCUT2D eigenvalue weighted by Gasteiger charge is -2.11. The van der Waals surface area contributed by atoms with Gasteiger partial charge in [-0.2, -0.15) is 26.3 Å². The van der Waals surface area contributed by atoms with Crippen molar-refractivity contribution < 1.29 is 31.1 Å². The molecule has 0 radical (unpaired) electrons. The molecule has 0 fully saturated rings. The number of nitrogens with two attached hydrogens (primary N) is 1. The van der Waals surface area contributed by atoms with Crippen LogP contribution in [0.4, 0.5) is 26.3 Å². The third-order valence-corrected chi connectivity index (χ3v) is 8.54. The van der Waals surface area contributed by atoms with Crippen LogP contribution in [-0.2, 0) is 30.0 Å². The molecule has 53 heavy (non-hydrogen) atoms. The van der Waals surface area contributed by atoms with Gasteiger partial charge in [-0.25, -0.2) is 0 Å². The number of nitrogens with zero attached hydrogens (tertiary/aromatic N) is 1. The van der Waals surface area contributed by atoms with E-state index in [1.807, 2.05) is 50.4 Å². The molecule has 276 valence electrons. The maximum atomic E-state index is 12.8. The Morgan fingerprint density at radius 1 is 0.585 bits per heavy atom. The number of aryl methyl sites for hydroxylation is 2. The highest BCUT2D eigenvalue weighted by Crippen LogP contribution is 2.31. The van der Waals surface area contributed by atoms with Crippen molar-refractivity contribution >= 4 is 34.0 Å². The average Bonchev–Trinajstić information content (AvgIpc) is 3.15. The number of rotatable bonds is 9. The van der Waals surface area contributed by atoms with E-state index in [2.05, 4.69) is 59.6 Å². The van der Waals surface area contributed by atoms with E-state index in [4.69, 9.17) is 5.73 Å². The summed E-state index contributed by atoms with van der Waals surface area (Å²) in [5.74, 6) is 0. The van der Waals surface area contributed by atoms with E-state index in [9.17, 15) is 31.1 Å². The fourth-order valence-electron chi connectivity index (χ4n) is 5.84. The Morgan fingerprint density at radius 3 is 1.51 bits per heavy atom. The fraction of sp³-hybridized carbons (Fsp3) is 0.227. The minimum atomic E-state index is -4.31. The van der Waals surface area contributed by atoms with E-state index < -0.39 is 23.5 Å². The summed E-state index contributed by atoms with van der Waals surface area (Å²) < 4.78 is 74.9. The van der Waals surface area contributed by atoms with E-state index >= 15 is 0 Å². The highest BCUT2D eigenvalue weighted by molar-refractivity contribution is 5.87. The average molecular weight is 729 g/mol. The predicted octanol–water partition coefficient (Wildman–Crippen LogP) is 12.3. The molecule has 0 aromatic heterocycles. The van der Waals surface area contributed by atoms with Gasteiger partial charge < -0.3 is 10.5 Å². The van der Waals surface area contributed by atoms with Gasteiger partial charge in [0.05, 0.1) is 17.2 Å². The number of carbonyl (C=O) groups is 1. The molecule has 0 bridgehead atoms. The Morgan fingerprint density at radius 2 is 1.02 bits per heavy atom. The van der Waals surface area contributed by atoms with Gasteiger partial charge in [0.25, 0.3) is 0 Å². The van der Waals surface area contributed by atoms with Crippen LogP contribution >= 0.6 is 0 Å². The number of aldehydes is 1. The van der Waals surface area contributed by atoms with E-state index in [0.29, 0.717) is 36.7 Å². The first-order valence-electron chi connectivity index (χ1n) is 17.3. The van der Waals surface area contributed by atoms with Crippen LogP contribution in [0.2, 0.25) is 0 Å². The smallest absolute Gasteiger partial charge is 0.324 e. The van der Waals surface area contributed by atoms with Crippen LogP contribution in [-0.4, -0.2) is 12.5 Å². The van der Waals surface area contributed by atoms with Gasteiger partial charge in [0.2, 0.25) is 0 Å². The summed E-state index contributed by atoms with van der Waals surface area (Å²) in [6, 6.07) is 39.5. The van der Waals surface area contributed by atoms with E-state index in [1.165, 1.54) is 45.3 Å². The lowest BCUT2D eigenvalue weighted by molar-refractivity contribution is -0.138. The van der Waals surface area contributed by atoms with Crippen molar-refractivity contribution in [3.05, 3.63) is 167 Å². The minimum absolute atomic E-state index is 0.00242. The second kappa shape index (κ2) is 19.0. The van der Waals surface area contributed by atoms with Crippen molar-refractivity contribution in [2.24, 2.45) is 10.7 Å². The van der Waals surface area contributed by atoms with Gasteiger partial charge in [-0.15, -0.1) is 0 Å². The van der Waals surface area contributed by atoms with Gasteiger partial charge in [-0.1, -0.05) is 121 Å². The molecule has 0 saturated heterocycles. The molecule has 0 aliphatic rings. The summed E-state index contributed by atoms with van der Waals surface area (Å²) in [5.41, 5.74) is 8.19. The normalized spacial score (nSPS) is 12.8. The Bertz CT molecular complexity index is 2090. The first-order chi connectivity index (χ1) is 25.3. The number of carbonyl (C=O) groups excluding carboxylic acids is 1. The zero-order valence-corrected chi connectivity index (χ0v) is 29.5. The number of benzene rings is 6. The molecule has 0 aliphatic heterocycles. The molecule has 9 heteroatoms. The molecule has 0 amide bonds. The van der Waals surface area contributed by atoms with Gasteiger partial charge in [0.1, 0.15) is 6.29 Å². The van der Waals surface area contributed by atoms with E-state index in [1.54, 1.807) is 12.1 Å². The maximum absolute atomic E-state index is 12.8. The topological polar surface area (TPSA) is 55.4 Å². The zero-order valence-electron chi connectivity index (χ0n) is 29.5.